The number of likely N-dealkylation sites (tertiary alicyclic amines) is 1. The van der Waals surface area contributed by atoms with Gasteiger partial charge in [0.25, 0.3) is 0 Å². The second-order valence-electron chi connectivity index (χ2n) is 4.67. The van der Waals surface area contributed by atoms with E-state index >= 15 is 0 Å². The molecule has 0 N–H and O–H groups in total. The third-order valence-electron chi connectivity index (χ3n) is 3.32. The van der Waals surface area contributed by atoms with Crippen LogP contribution < -0.4 is 0 Å². The SMILES string of the molecule is COC(=O)[C@H]1CCCN(C(=O)CSc2ccncc2)C1. The summed E-state index contributed by atoms with van der Waals surface area (Å²) in [6.45, 7) is 1.20. The predicted molar refractivity (Wildman–Crippen MR) is 76.3 cm³/mol. The number of carbonyl (C=O) groups excluding carboxylic acids is 2. The molecule has 0 radical (unpaired) electrons. The Kier molecular flexibility index (Phi) is 5.40. The van der Waals surface area contributed by atoms with Gasteiger partial charge < -0.3 is 9.64 Å². The molecule has 1 atom stereocenters. The molecule has 2 heterocycles. The van der Waals surface area contributed by atoms with Gasteiger partial charge >= 0.3 is 5.97 Å². The van der Waals surface area contributed by atoms with Crippen LogP contribution in [-0.4, -0.2) is 47.7 Å². The smallest absolute Gasteiger partial charge is 0.310 e. The summed E-state index contributed by atoms with van der Waals surface area (Å²) in [6, 6.07) is 3.76. The number of thioether (sulfide) groups is 1. The zero-order chi connectivity index (χ0) is 14.4. The number of hydrogen-bond donors (Lipinski definition) is 0. The van der Waals surface area contributed by atoms with Crippen LogP contribution in [0.2, 0.25) is 0 Å². The van der Waals surface area contributed by atoms with E-state index in [0.717, 1.165) is 24.3 Å². The zero-order valence-corrected chi connectivity index (χ0v) is 12.3. The molecule has 1 fully saturated rings. The molecule has 0 aliphatic carbocycles. The highest BCUT2D eigenvalue weighted by Gasteiger charge is 2.28. The van der Waals surface area contributed by atoms with Crippen molar-refractivity contribution >= 4 is 23.6 Å². The lowest BCUT2D eigenvalue weighted by Crippen LogP contribution is -2.43. The summed E-state index contributed by atoms with van der Waals surface area (Å²) >= 11 is 1.49. The van der Waals surface area contributed by atoms with Gasteiger partial charge in [-0.2, -0.15) is 0 Å². The average Bonchev–Trinajstić information content (AvgIpc) is 2.53. The number of hydrogen-bond acceptors (Lipinski definition) is 5. The van der Waals surface area contributed by atoms with Crippen LogP contribution in [0.25, 0.3) is 0 Å². The molecule has 0 aromatic carbocycles. The van der Waals surface area contributed by atoms with E-state index in [1.165, 1.54) is 18.9 Å². The third-order valence-corrected chi connectivity index (χ3v) is 4.32. The van der Waals surface area contributed by atoms with E-state index in [1.807, 2.05) is 12.1 Å². The average molecular weight is 294 g/mol. The fraction of sp³-hybridized carbons (Fsp3) is 0.500. The number of amides is 1. The Morgan fingerprint density at radius 1 is 1.45 bits per heavy atom. The first-order valence-electron chi connectivity index (χ1n) is 6.59. The van der Waals surface area contributed by atoms with E-state index in [4.69, 9.17) is 4.74 Å². The monoisotopic (exact) mass is 294 g/mol. The number of rotatable bonds is 4. The Hall–Kier alpha value is -1.56. The van der Waals surface area contributed by atoms with Crippen molar-refractivity contribution in [3.8, 4) is 0 Å². The number of methoxy groups -OCH3 is 1. The minimum absolute atomic E-state index is 0.0698. The molecule has 1 aromatic rings. The van der Waals surface area contributed by atoms with E-state index in [9.17, 15) is 9.59 Å². The molecule has 0 bridgehead atoms. The largest absolute Gasteiger partial charge is 0.469 e. The maximum Gasteiger partial charge on any atom is 0.310 e. The summed E-state index contributed by atoms with van der Waals surface area (Å²) in [7, 11) is 1.39. The Balaban J connectivity index is 1.84. The van der Waals surface area contributed by atoms with Crippen LogP contribution in [0, 0.1) is 5.92 Å². The molecule has 0 saturated carbocycles. The standard InChI is InChI=1S/C14H18N2O3S/c1-19-14(18)11-3-2-8-16(9-11)13(17)10-20-12-4-6-15-7-5-12/h4-7,11H,2-3,8-10H2,1H3/t11-/m0/s1. The molecule has 1 aromatic heterocycles. The van der Waals surface area contributed by atoms with Crippen molar-refractivity contribution in [1.29, 1.82) is 0 Å². The second-order valence-corrected chi connectivity index (χ2v) is 5.72. The highest BCUT2D eigenvalue weighted by atomic mass is 32.2. The summed E-state index contributed by atoms with van der Waals surface area (Å²) in [6.07, 6.45) is 5.07. The van der Waals surface area contributed by atoms with Gasteiger partial charge in [0, 0.05) is 30.4 Å². The molecule has 2 rings (SSSR count). The molecule has 1 aliphatic heterocycles. The van der Waals surface area contributed by atoms with E-state index in [1.54, 1.807) is 17.3 Å². The maximum atomic E-state index is 12.2. The molecule has 1 saturated heterocycles. The van der Waals surface area contributed by atoms with E-state index in [-0.39, 0.29) is 17.8 Å². The number of esters is 1. The van der Waals surface area contributed by atoms with Crippen molar-refractivity contribution < 1.29 is 14.3 Å². The van der Waals surface area contributed by atoms with Crippen LogP contribution in [0.5, 0.6) is 0 Å². The zero-order valence-electron chi connectivity index (χ0n) is 11.4. The number of ether oxygens (including phenoxy) is 1. The third kappa shape index (κ3) is 3.96. The van der Waals surface area contributed by atoms with Crippen molar-refractivity contribution in [1.82, 2.24) is 9.88 Å². The van der Waals surface area contributed by atoms with E-state index in [0.29, 0.717) is 12.3 Å². The first kappa shape index (κ1) is 14.8. The van der Waals surface area contributed by atoms with Gasteiger partial charge in [0.15, 0.2) is 0 Å². The minimum atomic E-state index is -0.218. The molecule has 108 valence electrons. The number of carbonyl (C=O) groups is 2. The quantitative estimate of drug-likeness (QED) is 0.623. The first-order chi connectivity index (χ1) is 9.70. The van der Waals surface area contributed by atoms with Crippen LogP contribution in [0.4, 0.5) is 0 Å². The topological polar surface area (TPSA) is 59.5 Å². The van der Waals surface area contributed by atoms with Crippen LogP contribution in [0.1, 0.15) is 12.8 Å². The summed E-state index contributed by atoms with van der Waals surface area (Å²) in [5.74, 6) is 0.0612. The van der Waals surface area contributed by atoms with Gasteiger partial charge in [-0.05, 0) is 25.0 Å². The molecular formula is C14H18N2O3S. The molecule has 6 heteroatoms. The molecule has 5 nitrogen and oxygen atoms in total. The molecule has 1 amide bonds. The minimum Gasteiger partial charge on any atom is -0.469 e. The normalized spacial score (nSPS) is 18.6. The van der Waals surface area contributed by atoms with Crippen molar-refractivity contribution in [3.63, 3.8) is 0 Å². The van der Waals surface area contributed by atoms with Crippen molar-refractivity contribution in [2.24, 2.45) is 5.92 Å². The van der Waals surface area contributed by atoms with Crippen LogP contribution in [0.15, 0.2) is 29.4 Å². The lowest BCUT2D eigenvalue weighted by atomic mass is 9.98. The summed E-state index contributed by atoms with van der Waals surface area (Å²) in [5, 5.41) is 0. The van der Waals surface area contributed by atoms with Gasteiger partial charge in [-0.25, -0.2) is 0 Å². The van der Waals surface area contributed by atoms with Crippen molar-refractivity contribution in [2.45, 2.75) is 17.7 Å². The lowest BCUT2D eigenvalue weighted by molar-refractivity contribution is -0.148. The van der Waals surface area contributed by atoms with Crippen LogP contribution in [0.3, 0.4) is 0 Å². The van der Waals surface area contributed by atoms with E-state index < -0.39 is 0 Å². The maximum absolute atomic E-state index is 12.2. The van der Waals surface area contributed by atoms with Gasteiger partial charge in [-0.3, -0.25) is 14.6 Å². The Bertz CT molecular complexity index is 467. The van der Waals surface area contributed by atoms with Crippen molar-refractivity contribution in [3.05, 3.63) is 24.5 Å². The van der Waals surface area contributed by atoms with Gasteiger partial charge in [-0.15, -0.1) is 11.8 Å². The molecular weight excluding hydrogens is 276 g/mol. The molecule has 1 aliphatic rings. The fourth-order valence-corrected chi connectivity index (χ4v) is 3.02. The highest BCUT2D eigenvalue weighted by molar-refractivity contribution is 8.00. The summed E-state index contributed by atoms with van der Waals surface area (Å²) in [4.78, 5) is 30.4. The summed E-state index contributed by atoms with van der Waals surface area (Å²) < 4.78 is 4.76. The predicted octanol–water partition coefficient (Wildman–Crippen LogP) is 1.59. The van der Waals surface area contributed by atoms with Gasteiger partial charge in [-0.1, -0.05) is 0 Å². The number of aromatic nitrogens is 1. The molecule has 20 heavy (non-hydrogen) atoms. The lowest BCUT2D eigenvalue weighted by Gasteiger charge is -2.31. The first-order valence-corrected chi connectivity index (χ1v) is 7.57. The van der Waals surface area contributed by atoms with Crippen LogP contribution in [-0.2, 0) is 14.3 Å². The Labute approximate surface area is 122 Å². The van der Waals surface area contributed by atoms with Crippen molar-refractivity contribution in [2.75, 3.05) is 26.0 Å². The molecule has 0 spiro atoms. The van der Waals surface area contributed by atoms with Gasteiger partial charge in [0.05, 0.1) is 18.8 Å². The van der Waals surface area contributed by atoms with Crippen LogP contribution >= 0.6 is 11.8 Å². The molecule has 0 unspecified atom stereocenters. The van der Waals surface area contributed by atoms with Gasteiger partial charge in [0.1, 0.15) is 0 Å². The number of nitrogens with zero attached hydrogens (tertiary/aromatic N) is 2. The number of pyridine rings is 1. The second kappa shape index (κ2) is 7.28. The van der Waals surface area contributed by atoms with Gasteiger partial charge in [0.2, 0.25) is 5.91 Å². The number of piperidine rings is 1. The highest BCUT2D eigenvalue weighted by Crippen LogP contribution is 2.21. The Morgan fingerprint density at radius 2 is 2.20 bits per heavy atom. The summed E-state index contributed by atoms with van der Waals surface area (Å²) in [5.41, 5.74) is 0. The Morgan fingerprint density at radius 3 is 2.90 bits per heavy atom. The fourth-order valence-electron chi connectivity index (χ4n) is 2.23. The van der Waals surface area contributed by atoms with E-state index in [2.05, 4.69) is 4.98 Å².